The van der Waals surface area contributed by atoms with Crippen molar-refractivity contribution in [1.29, 1.82) is 0 Å². The first-order chi connectivity index (χ1) is 11.2. The van der Waals surface area contributed by atoms with Crippen LogP contribution >= 0.6 is 0 Å². The molecule has 0 unspecified atom stereocenters. The average Bonchev–Trinajstić information content (AvgIpc) is 2.66. The molecule has 0 saturated heterocycles. The third-order valence-electron chi connectivity index (χ3n) is 4.32. The fourth-order valence-corrected chi connectivity index (χ4v) is 0.894. The summed E-state index contributed by atoms with van der Waals surface area (Å²) < 4.78 is 0. The molecule has 0 aromatic heterocycles. The fraction of sp³-hybridized carbons (Fsp3) is 1.00. The summed E-state index contributed by atoms with van der Waals surface area (Å²) in [6.45, 7) is 26.6. The van der Waals surface area contributed by atoms with Crippen LogP contribution in [-0.4, -0.2) is 100 Å². The first-order valence-electron chi connectivity index (χ1n) is 9.98. The van der Waals surface area contributed by atoms with Gasteiger partial charge >= 0.3 is 0 Å². The summed E-state index contributed by atoms with van der Waals surface area (Å²) in [5, 5.41) is 0. The van der Waals surface area contributed by atoms with Gasteiger partial charge in [0.1, 0.15) is 0 Å². The van der Waals surface area contributed by atoms with Crippen LogP contribution in [0.2, 0.25) is 0 Å². The average molecular weight is 527 g/mol. The number of nitrogens with zero attached hydrogens (tertiary/aromatic N) is 4. The Kier molecular flexibility index (Phi) is 47.4. The van der Waals surface area contributed by atoms with Crippen molar-refractivity contribution < 1.29 is 25.8 Å². The molecule has 0 radical (unpaired) electrons. The number of rotatable bonds is 8. The van der Waals surface area contributed by atoms with E-state index in [0.29, 0.717) is 0 Å². The van der Waals surface area contributed by atoms with Gasteiger partial charge in [0.2, 0.25) is 0 Å². The zero-order chi connectivity index (χ0) is 20.0. The molecule has 0 heterocycles. The molecule has 0 bridgehead atoms. The topological polar surface area (TPSA) is 13.0 Å². The first kappa shape index (κ1) is 36.6. The summed E-state index contributed by atoms with van der Waals surface area (Å²) in [5.41, 5.74) is 0. The fourth-order valence-electron chi connectivity index (χ4n) is 0.894. The summed E-state index contributed by atoms with van der Waals surface area (Å²) >= 11 is 0. The monoisotopic (exact) mass is 528 g/mol. The third kappa shape index (κ3) is 45.6. The Hall–Kier alpha value is 0.710. The second kappa shape index (κ2) is 32.4. The van der Waals surface area contributed by atoms with Gasteiger partial charge in [-0.3, -0.25) is 0 Å². The number of hydrogen-bond donors (Lipinski definition) is 0. The van der Waals surface area contributed by atoms with Crippen molar-refractivity contribution in [2.75, 3.05) is 80.5 Å². The maximum absolute atomic E-state index is 2.25. The quantitative estimate of drug-likeness (QED) is 0.446. The van der Waals surface area contributed by atoms with Gasteiger partial charge in [0.05, 0.1) is 0 Å². The second-order valence-electron chi connectivity index (χ2n) is 5.95. The molecule has 0 aliphatic heterocycles. The molecular formula is C20H52HfN4. The minimum Gasteiger partial charge on any atom is -0.307 e. The van der Waals surface area contributed by atoms with Crippen LogP contribution in [0.5, 0.6) is 0 Å². The Morgan fingerprint density at radius 3 is 0.400 bits per heavy atom. The van der Waals surface area contributed by atoms with Gasteiger partial charge in [-0.15, -0.1) is 0 Å². The van der Waals surface area contributed by atoms with E-state index in [-0.39, 0.29) is 25.8 Å². The largest absolute Gasteiger partial charge is 0.307 e. The minimum absolute atomic E-state index is 0. The van der Waals surface area contributed by atoms with E-state index < -0.39 is 0 Å². The van der Waals surface area contributed by atoms with E-state index in [1.54, 1.807) is 0 Å². The van der Waals surface area contributed by atoms with Gasteiger partial charge in [0, 0.05) is 25.8 Å². The molecule has 0 atom stereocenters. The summed E-state index contributed by atoms with van der Waals surface area (Å²) in [5.74, 6) is 0. The molecular weight excluding hydrogens is 475 g/mol. The van der Waals surface area contributed by atoms with Crippen molar-refractivity contribution in [3.63, 3.8) is 0 Å². The zero-order valence-electron chi connectivity index (χ0n) is 19.9. The van der Waals surface area contributed by atoms with Crippen molar-refractivity contribution in [2.45, 2.75) is 55.4 Å². The Labute approximate surface area is 181 Å². The SMILES string of the molecule is CCN(C)CC.CCN(C)CC.CCN(C)CC.CCN(C)CC.[Hf]. The minimum atomic E-state index is 0. The first-order valence-corrected chi connectivity index (χ1v) is 9.98. The smallest absolute Gasteiger partial charge is 0 e. The van der Waals surface area contributed by atoms with Crippen LogP contribution in [0.25, 0.3) is 0 Å². The Balaban J connectivity index is -0.0000000702. The Morgan fingerprint density at radius 1 is 0.320 bits per heavy atom. The van der Waals surface area contributed by atoms with E-state index >= 15 is 0 Å². The molecule has 0 amide bonds. The van der Waals surface area contributed by atoms with E-state index in [0.717, 1.165) is 52.4 Å². The Bertz CT molecular complexity index is 139. The van der Waals surface area contributed by atoms with Crippen molar-refractivity contribution in [3.05, 3.63) is 0 Å². The number of hydrogen-bond acceptors (Lipinski definition) is 4. The molecule has 4 nitrogen and oxygen atoms in total. The molecule has 0 aliphatic carbocycles. The molecule has 25 heavy (non-hydrogen) atoms. The summed E-state index contributed by atoms with van der Waals surface area (Å²) in [7, 11) is 8.44. The van der Waals surface area contributed by atoms with Crippen molar-refractivity contribution in [2.24, 2.45) is 0 Å². The van der Waals surface area contributed by atoms with Crippen LogP contribution in [-0.2, 0) is 25.8 Å². The summed E-state index contributed by atoms with van der Waals surface area (Å²) in [4.78, 5) is 9.00. The van der Waals surface area contributed by atoms with E-state index in [1.807, 2.05) is 0 Å². The van der Waals surface area contributed by atoms with Gasteiger partial charge < -0.3 is 19.6 Å². The van der Waals surface area contributed by atoms with E-state index in [4.69, 9.17) is 0 Å². The van der Waals surface area contributed by atoms with E-state index in [9.17, 15) is 0 Å². The van der Waals surface area contributed by atoms with Gasteiger partial charge in [-0.1, -0.05) is 55.4 Å². The third-order valence-corrected chi connectivity index (χ3v) is 4.32. The molecule has 156 valence electrons. The second-order valence-corrected chi connectivity index (χ2v) is 5.95. The van der Waals surface area contributed by atoms with Crippen molar-refractivity contribution >= 4 is 0 Å². The van der Waals surface area contributed by atoms with E-state index in [1.165, 1.54) is 0 Å². The predicted octanol–water partition coefficient (Wildman–Crippen LogP) is 3.83. The predicted molar refractivity (Wildman–Crippen MR) is 115 cm³/mol. The van der Waals surface area contributed by atoms with Crippen molar-refractivity contribution in [3.8, 4) is 0 Å². The molecule has 0 aromatic carbocycles. The normalized spacial score (nSPS) is 9.60. The van der Waals surface area contributed by atoms with Gasteiger partial charge in [-0.05, 0) is 80.5 Å². The molecule has 0 fully saturated rings. The van der Waals surface area contributed by atoms with Crippen molar-refractivity contribution in [1.82, 2.24) is 19.6 Å². The maximum atomic E-state index is 2.25. The maximum Gasteiger partial charge on any atom is 0 e. The van der Waals surface area contributed by atoms with Gasteiger partial charge in [-0.2, -0.15) is 0 Å². The van der Waals surface area contributed by atoms with Crippen LogP contribution in [0, 0.1) is 0 Å². The standard InChI is InChI=1S/4C5H13N.Hf/c4*1-4-6(3)5-2;/h4*4-5H2,1-3H3;. The molecule has 0 spiro atoms. The van der Waals surface area contributed by atoms with Crippen LogP contribution in [0.3, 0.4) is 0 Å². The molecule has 0 rings (SSSR count). The molecule has 0 aliphatic rings. The summed E-state index contributed by atoms with van der Waals surface area (Å²) in [6.07, 6.45) is 0. The molecule has 5 heteroatoms. The van der Waals surface area contributed by atoms with Crippen LogP contribution in [0.1, 0.15) is 55.4 Å². The van der Waals surface area contributed by atoms with Crippen LogP contribution in [0.15, 0.2) is 0 Å². The van der Waals surface area contributed by atoms with Gasteiger partial charge in [0.15, 0.2) is 0 Å². The van der Waals surface area contributed by atoms with Crippen LogP contribution in [0.4, 0.5) is 0 Å². The zero-order valence-corrected chi connectivity index (χ0v) is 23.5. The molecule has 0 N–H and O–H groups in total. The molecule has 0 saturated carbocycles. The summed E-state index contributed by atoms with van der Waals surface area (Å²) in [6, 6.07) is 0. The van der Waals surface area contributed by atoms with Gasteiger partial charge in [-0.25, -0.2) is 0 Å². The van der Waals surface area contributed by atoms with E-state index in [2.05, 4.69) is 103 Å². The van der Waals surface area contributed by atoms with Gasteiger partial charge in [0.25, 0.3) is 0 Å². The van der Waals surface area contributed by atoms with Crippen LogP contribution < -0.4 is 0 Å². The Morgan fingerprint density at radius 2 is 0.400 bits per heavy atom. The molecule has 0 aromatic rings.